The normalized spacial score (nSPS) is 15.2. The van der Waals surface area contributed by atoms with Gasteiger partial charge in [0.15, 0.2) is 0 Å². The Balaban J connectivity index is 3.14. The molecule has 0 radical (unpaired) electrons. The SMILES string of the molecule is CC(C)CCC(=O)N(C)[C@@H](CC(C)C)C(=O)N(C)[C@H](C(=O)N(C)[C@H](C(N)=O)[C@H](O)[C@H](C)CCCc1ccn(C)n1)C(C)C. The number of aromatic nitrogens is 2. The number of nitrogens with zero attached hydrogens (tertiary/aromatic N) is 5. The van der Waals surface area contributed by atoms with Crippen LogP contribution in [0.4, 0.5) is 0 Å². The Bertz CT molecular complexity index is 1050. The van der Waals surface area contributed by atoms with Crippen molar-refractivity contribution in [1.82, 2.24) is 24.5 Å². The van der Waals surface area contributed by atoms with Crippen molar-refractivity contribution < 1.29 is 24.3 Å². The average Bonchev–Trinajstić information content (AvgIpc) is 3.33. The number of carbonyl (C=O) groups excluding carboxylic acids is 4. The van der Waals surface area contributed by atoms with E-state index in [-0.39, 0.29) is 29.6 Å². The lowest BCUT2D eigenvalue weighted by Gasteiger charge is -2.40. The minimum absolute atomic E-state index is 0.111. The Morgan fingerprint density at radius 2 is 1.47 bits per heavy atom. The molecular weight excluding hydrogens is 548 g/mol. The van der Waals surface area contributed by atoms with Crippen LogP contribution in [0.5, 0.6) is 0 Å². The second-order valence-electron chi connectivity index (χ2n) is 13.4. The van der Waals surface area contributed by atoms with E-state index >= 15 is 0 Å². The largest absolute Gasteiger partial charge is 0.390 e. The Morgan fingerprint density at radius 1 is 0.884 bits per heavy atom. The minimum atomic E-state index is -1.27. The van der Waals surface area contributed by atoms with Crippen LogP contribution in [0.15, 0.2) is 12.3 Å². The molecule has 0 saturated heterocycles. The summed E-state index contributed by atoms with van der Waals surface area (Å²) in [4.78, 5) is 57.6. The van der Waals surface area contributed by atoms with Crippen LogP contribution in [0.1, 0.15) is 86.3 Å². The maximum atomic E-state index is 14.0. The standard InChI is InChI=1S/C32H58N6O5/c1-20(2)15-16-26(39)36(9)25(19-21(3)4)31(42)37(10)27(22(5)6)32(43)38(11)28(30(33)41)29(40)23(7)13-12-14-24-17-18-35(8)34-24/h17-18,20-23,25,27-29,40H,12-16,19H2,1-11H3,(H2,33,41)/t23-,25+,27+,28+,29-/m1/s1. The highest BCUT2D eigenvalue weighted by atomic mass is 16.3. The first kappa shape index (κ1) is 38.1. The highest BCUT2D eigenvalue weighted by molar-refractivity contribution is 5.94. The van der Waals surface area contributed by atoms with Crippen molar-refractivity contribution in [2.24, 2.45) is 36.5 Å². The molecule has 0 fully saturated rings. The molecule has 3 N–H and O–H groups in total. The zero-order valence-corrected chi connectivity index (χ0v) is 28.4. The van der Waals surface area contributed by atoms with Gasteiger partial charge in [0.25, 0.3) is 0 Å². The summed E-state index contributed by atoms with van der Waals surface area (Å²) >= 11 is 0. The summed E-state index contributed by atoms with van der Waals surface area (Å²) in [6, 6.07) is -0.997. The van der Waals surface area contributed by atoms with Gasteiger partial charge in [0.1, 0.15) is 18.1 Å². The number of rotatable bonds is 18. The molecule has 1 aromatic heterocycles. The van der Waals surface area contributed by atoms with Gasteiger partial charge in [-0.3, -0.25) is 23.9 Å². The van der Waals surface area contributed by atoms with Gasteiger partial charge in [-0.1, -0.05) is 48.5 Å². The maximum absolute atomic E-state index is 14.0. The quantitative estimate of drug-likeness (QED) is 0.263. The van der Waals surface area contributed by atoms with Gasteiger partial charge >= 0.3 is 0 Å². The molecule has 0 spiro atoms. The van der Waals surface area contributed by atoms with Crippen molar-refractivity contribution in [1.29, 1.82) is 0 Å². The third kappa shape index (κ3) is 11.2. The van der Waals surface area contributed by atoms with E-state index in [2.05, 4.69) is 5.10 Å². The number of nitrogens with two attached hydrogens (primary N) is 1. The Labute approximate surface area is 259 Å². The fraction of sp³-hybridized carbons (Fsp3) is 0.781. The van der Waals surface area contributed by atoms with Gasteiger partial charge in [-0.05, 0) is 61.8 Å². The molecule has 0 bridgehead atoms. The Morgan fingerprint density at radius 3 is 1.93 bits per heavy atom. The number of hydrogen-bond donors (Lipinski definition) is 2. The van der Waals surface area contributed by atoms with E-state index in [0.717, 1.165) is 25.0 Å². The Hall–Kier alpha value is -2.95. The monoisotopic (exact) mass is 606 g/mol. The summed E-state index contributed by atoms with van der Waals surface area (Å²) in [6.45, 7) is 13.6. The molecule has 5 atom stereocenters. The van der Waals surface area contributed by atoms with Crippen LogP contribution >= 0.6 is 0 Å². The molecule has 0 aliphatic carbocycles. The van der Waals surface area contributed by atoms with E-state index in [1.807, 2.05) is 67.8 Å². The highest BCUT2D eigenvalue weighted by Crippen LogP contribution is 2.23. The number of aryl methyl sites for hydroxylation is 2. The smallest absolute Gasteiger partial charge is 0.246 e. The molecule has 0 aliphatic heterocycles. The summed E-state index contributed by atoms with van der Waals surface area (Å²) in [6.07, 6.45) is 4.25. The third-order valence-electron chi connectivity index (χ3n) is 8.25. The molecule has 246 valence electrons. The topological polar surface area (TPSA) is 142 Å². The van der Waals surface area contributed by atoms with Crippen molar-refractivity contribution in [3.63, 3.8) is 0 Å². The molecule has 0 saturated carbocycles. The molecule has 0 aromatic carbocycles. The molecule has 1 rings (SSSR count). The number of carbonyl (C=O) groups is 4. The van der Waals surface area contributed by atoms with Crippen LogP contribution < -0.4 is 5.73 Å². The number of likely N-dealkylation sites (N-methyl/N-ethyl adjacent to an activating group) is 3. The second-order valence-corrected chi connectivity index (χ2v) is 13.4. The summed E-state index contributed by atoms with van der Waals surface area (Å²) in [5.41, 5.74) is 6.69. The summed E-state index contributed by atoms with van der Waals surface area (Å²) < 4.78 is 1.73. The van der Waals surface area contributed by atoms with Crippen LogP contribution in [0.2, 0.25) is 0 Å². The molecule has 1 heterocycles. The lowest BCUT2D eigenvalue weighted by molar-refractivity contribution is -0.155. The minimum Gasteiger partial charge on any atom is -0.390 e. The van der Waals surface area contributed by atoms with Gasteiger partial charge in [-0.15, -0.1) is 0 Å². The molecule has 4 amide bonds. The van der Waals surface area contributed by atoms with Gasteiger partial charge in [-0.25, -0.2) is 0 Å². The van der Waals surface area contributed by atoms with E-state index in [1.165, 1.54) is 21.7 Å². The fourth-order valence-electron chi connectivity index (χ4n) is 5.52. The van der Waals surface area contributed by atoms with Gasteiger partial charge < -0.3 is 25.5 Å². The van der Waals surface area contributed by atoms with Crippen molar-refractivity contribution in [3.8, 4) is 0 Å². The first-order valence-electron chi connectivity index (χ1n) is 15.6. The van der Waals surface area contributed by atoms with Gasteiger partial charge in [-0.2, -0.15) is 5.10 Å². The Kier molecular flexibility index (Phi) is 15.4. The van der Waals surface area contributed by atoms with Gasteiger partial charge in [0, 0.05) is 40.8 Å². The van der Waals surface area contributed by atoms with Crippen LogP contribution in [0.3, 0.4) is 0 Å². The number of aliphatic hydroxyl groups is 1. The molecule has 11 nitrogen and oxygen atoms in total. The summed E-state index contributed by atoms with van der Waals surface area (Å²) in [7, 11) is 6.51. The predicted octanol–water partition coefficient (Wildman–Crippen LogP) is 2.84. The predicted molar refractivity (Wildman–Crippen MR) is 169 cm³/mol. The van der Waals surface area contributed by atoms with Gasteiger partial charge in [0.05, 0.1) is 11.8 Å². The van der Waals surface area contributed by atoms with E-state index in [9.17, 15) is 24.3 Å². The zero-order chi connectivity index (χ0) is 33.2. The number of primary amides is 1. The zero-order valence-electron chi connectivity index (χ0n) is 28.4. The van der Waals surface area contributed by atoms with E-state index in [4.69, 9.17) is 5.73 Å². The highest BCUT2D eigenvalue weighted by Gasteiger charge is 2.42. The van der Waals surface area contributed by atoms with E-state index in [1.54, 1.807) is 18.8 Å². The first-order valence-corrected chi connectivity index (χ1v) is 15.6. The fourth-order valence-corrected chi connectivity index (χ4v) is 5.52. The lowest BCUT2D eigenvalue weighted by atomic mass is 9.90. The van der Waals surface area contributed by atoms with Gasteiger partial charge in [0.2, 0.25) is 23.6 Å². The molecule has 43 heavy (non-hydrogen) atoms. The summed E-state index contributed by atoms with van der Waals surface area (Å²) in [5.74, 6) is -1.91. The number of hydrogen-bond acceptors (Lipinski definition) is 6. The summed E-state index contributed by atoms with van der Waals surface area (Å²) in [5, 5.41) is 15.6. The number of aliphatic hydroxyl groups excluding tert-OH is 1. The maximum Gasteiger partial charge on any atom is 0.246 e. The molecule has 0 unspecified atom stereocenters. The average molecular weight is 607 g/mol. The van der Waals surface area contributed by atoms with Crippen LogP contribution in [0, 0.1) is 23.7 Å². The molecule has 0 aliphatic rings. The van der Waals surface area contributed by atoms with E-state index in [0.29, 0.717) is 25.2 Å². The van der Waals surface area contributed by atoms with Crippen LogP contribution in [0.25, 0.3) is 0 Å². The lowest BCUT2D eigenvalue weighted by Crippen LogP contribution is -2.61. The van der Waals surface area contributed by atoms with Crippen molar-refractivity contribution >= 4 is 23.6 Å². The van der Waals surface area contributed by atoms with Crippen LogP contribution in [-0.2, 0) is 32.6 Å². The molecule has 11 heteroatoms. The van der Waals surface area contributed by atoms with Crippen molar-refractivity contribution in [2.45, 2.75) is 111 Å². The molecule has 1 aromatic rings. The van der Waals surface area contributed by atoms with Crippen molar-refractivity contribution in [3.05, 3.63) is 18.0 Å². The van der Waals surface area contributed by atoms with Crippen LogP contribution in [-0.4, -0.2) is 98.6 Å². The second kappa shape index (κ2) is 17.4. The third-order valence-corrected chi connectivity index (χ3v) is 8.25. The van der Waals surface area contributed by atoms with Crippen molar-refractivity contribution in [2.75, 3.05) is 21.1 Å². The molecular formula is C32H58N6O5. The van der Waals surface area contributed by atoms with E-state index < -0.39 is 36.0 Å². The first-order chi connectivity index (χ1) is 19.9. The number of amides is 4.